The molecule has 0 bridgehead atoms. The Morgan fingerprint density at radius 2 is 2.04 bits per heavy atom. The number of hydrogen-bond acceptors (Lipinski definition) is 5. The monoisotopic (exact) mass is 345 g/mol. The highest BCUT2D eigenvalue weighted by Gasteiger charge is 2.14. The van der Waals surface area contributed by atoms with Gasteiger partial charge in [0.25, 0.3) is 0 Å². The maximum absolute atomic E-state index is 12.2. The smallest absolute Gasteiger partial charge is 0.355 e. The summed E-state index contributed by atoms with van der Waals surface area (Å²) in [5, 5.41) is 14.0. The molecular weight excluding hydrogens is 326 g/mol. The van der Waals surface area contributed by atoms with Crippen LogP contribution in [0.25, 0.3) is 10.6 Å². The van der Waals surface area contributed by atoms with E-state index in [0.29, 0.717) is 17.2 Å². The normalized spacial score (nSPS) is 15.2. The van der Waals surface area contributed by atoms with Crippen LogP contribution in [0.5, 0.6) is 0 Å². The highest BCUT2D eigenvalue weighted by molar-refractivity contribution is 7.13. The van der Waals surface area contributed by atoms with Crippen molar-refractivity contribution in [3.05, 3.63) is 35.3 Å². The molecule has 0 aliphatic carbocycles. The molecule has 3 rings (SSSR count). The van der Waals surface area contributed by atoms with Crippen LogP contribution in [0.15, 0.2) is 29.6 Å². The Morgan fingerprint density at radius 1 is 1.25 bits per heavy atom. The third kappa shape index (κ3) is 4.18. The Morgan fingerprint density at radius 3 is 2.75 bits per heavy atom. The number of hydrogen-bond donors (Lipinski definition) is 2. The lowest BCUT2D eigenvalue weighted by molar-refractivity contribution is -0.117. The molecule has 1 aromatic carbocycles. The minimum absolute atomic E-state index is 0.0283. The van der Waals surface area contributed by atoms with Crippen LogP contribution in [0.2, 0.25) is 0 Å². The van der Waals surface area contributed by atoms with Crippen LogP contribution in [0, 0.1) is 0 Å². The molecule has 1 amide bonds. The third-order valence-electron chi connectivity index (χ3n) is 3.93. The zero-order valence-electron chi connectivity index (χ0n) is 13.2. The topological polar surface area (TPSA) is 82.5 Å². The van der Waals surface area contributed by atoms with Crippen molar-refractivity contribution in [2.75, 3.05) is 25.0 Å². The number of benzene rings is 1. The van der Waals surface area contributed by atoms with Crippen LogP contribution >= 0.6 is 11.3 Å². The van der Waals surface area contributed by atoms with E-state index in [2.05, 4.69) is 15.2 Å². The molecule has 0 radical (unpaired) electrons. The van der Waals surface area contributed by atoms with Gasteiger partial charge in [0, 0.05) is 16.6 Å². The molecule has 0 spiro atoms. The van der Waals surface area contributed by atoms with Crippen LogP contribution in [-0.2, 0) is 4.79 Å². The zero-order chi connectivity index (χ0) is 16.9. The Balaban J connectivity index is 1.66. The summed E-state index contributed by atoms with van der Waals surface area (Å²) in [6, 6.07) is 7.32. The van der Waals surface area contributed by atoms with Crippen molar-refractivity contribution in [2.45, 2.75) is 19.3 Å². The molecule has 1 aliphatic heterocycles. The minimum atomic E-state index is -1.04. The highest BCUT2D eigenvalue weighted by atomic mass is 32.1. The molecule has 1 fully saturated rings. The van der Waals surface area contributed by atoms with Gasteiger partial charge < -0.3 is 10.4 Å². The summed E-state index contributed by atoms with van der Waals surface area (Å²) in [5.41, 5.74) is 1.53. The van der Waals surface area contributed by atoms with E-state index < -0.39 is 5.97 Å². The second-order valence-electron chi connectivity index (χ2n) is 5.81. The van der Waals surface area contributed by atoms with Crippen molar-refractivity contribution < 1.29 is 14.7 Å². The molecule has 6 nitrogen and oxygen atoms in total. The molecule has 2 N–H and O–H groups in total. The number of carbonyl (C=O) groups excluding carboxylic acids is 1. The predicted molar refractivity (Wildman–Crippen MR) is 93.4 cm³/mol. The van der Waals surface area contributed by atoms with Crippen molar-refractivity contribution in [2.24, 2.45) is 0 Å². The first kappa shape index (κ1) is 16.6. The summed E-state index contributed by atoms with van der Waals surface area (Å²) >= 11 is 1.27. The second-order valence-corrected chi connectivity index (χ2v) is 6.67. The largest absolute Gasteiger partial charge is 0.476 e. The molecule has 2 heterocycles. The van der Waals surface area contributed by atoms with Crippen LogP contribution in [0.3, 0.4) is 0 Å². The second kappa shape index (κ2) is 7.55. The number of likely N-dealkylation sites (tertiary alicyclic amines) is 1. The quantitative estimate of drug-likeness (QED) is 0.871. The molecule has 24 heavy (non-hydrogen) atoms. The van der Waals surface area contributed by atoms with Gasteiger partial charge in [-0.15, -0.1) is 11.3 Å². The summed E-state index contributed by atoms with van der Waals surface area (Å²) in [6.45, 7) is 2.36. The van der Waals surface area contributed by atoms with Gasteiger partial charge in [-0.1, -0.05) is 18.6 Å². The fraction of sp³-hybridized carbons (Fsp3) is 0.353. The lowest BCUT2D eigenvalue weighted by Crippen LogP contribution is -2.36. The molecule has 0 atom stereocenters. The van der Waals surface area contributed by atoms with Gasteiger partial charge in [-0.25, -0.2) is 9.78 Å². The van der Waals surface area contributed by atoms with E-state index >= 15 is 0 Å². The number of nitrogens with one attached hydrogen (secondary N) is 1. The van der Waals surface area contributed by atoms with Gasteiger partial charge in [-0.2, -0.15) is 0 Å². The number of anilines is 1. The number of carboxylic acids is 1. The Bertz CT molecular complexity index is 738. The summed E-state index contributed by atoms with van der Waals surface area (Å²) < 4.78 is 0. The Labute approximate surface area is 144 Å². The van der Waals surface area contributed by atoms with E-state index in [-0.39, 0.29) is 11.6 Å². The fourth-order valence-electron chi connectivity index (χ4n) is 2.76. The van der Waals surface area contributed by atoms with Crippen LogP contribution in [0.4, 0.5) is 5.69 Å². The van der Waals surface area contributed by atoms with E-state index in [1.54, 1.807) is 0 Å². The lowest BCUT2D eigenvalue weighted by atomic mass is 10.1. The number of nitrogens with zero attached hydrogens (tertiary/aromatic N) is 2. The summed E-state index contributed by atoms with van der Waals surface area (Å²) in [7, 11) is 0. The van der Waals surface area contributed by atoms with E-state index in [1.807, 2.05) is 24.3 Å². The van der Waals surface area contributed by atoms with Crippen LogP contribution in [-0.4, -0.2) is 46.5 Å². The summed E-state index contributed by atoms with van der Waals surface area (Å²) in [4.78, 5) is 29.4. The van der Waals surface area contributed by atoms with Crippen molar-refractivity contribution >= 4 is 28.9 Å². The van der Waals surface area contributed by atoms with Gasteiger partial charge in [0.15, 0.2) is 5.69 Å². The molecular formula is C17H19N3O3S. The van der Waals surface area contributed by atoms with E-state index in [1.165, 1.54) is 23.1 Å². The first-order valence-electron chi connectivity index (χ1n) is 7.93. The number of thiazole rings is 1. The zero-order valence-corrected chi connectivity index (χ0v) is 14.0. The van der Waals surface area contributed by atoms with Gasteiger partial charge in [0.05, 0.1) is 6.54 Å². The number of carbonyl (C=O) groups is 2. The number of piperidine rings is 1. The first-order chi connectivity index (χ1) is 11.6. The Hall–Kier alpha value is -2.25. The Kier molecular flexibility index (Phi) is 5.22. The highest BCUT2D eigenvalue weighted by Crippen LogP contribution is 2.26. The van der Waals surface area contributed by atoms with Gasteiger partial charge in [0.1, 0.15) is 5.01 Å². The average Bonchev–Trinajstić information content (AvgIpc) is 3.06. The number of aromatic nitrogens is 1. The molecule has 1 saturated heterocycles. The number of aromatic carboxylic acids is 1. The van der Waals surface area contributed by atoms with Gasteiger partial charge in [0.2, 0.25) is 5.91 Å². The number of carboxylic acid groups (broad SMARTS) is 1. The molecule has 2 aromatic rings. The number of rotatable bonds is 5. The standard InChI is InChI=1S/C17H19N3O3S/c21-15(10-20-7-2-1-3-8-20)18-13-6-4-5-12(9-13)16-19-14(11-24-16)17(22)23/h4-6,9,11H,1-3,7-8,10H2,(H,18,21)(H,22,23). The molecule has 0 saturated carbocycles. The molecule has 126 valence electrons. The van der Waals surface area contributed by atoms with Crippen molar-refractivity contribution in [3.8, 4) is 10.6 Å². The summed E-state index contributed by atoms with van der Waals surface area (Å²) in [5.74, 6) is -1.07. The molecule has 0 unspecified atom stereocenters. The minimum Gasteiger partial charge on any atom is -0.476 e. The van der Waals surface area contributed by atoms with Gasteiger partial charge >= 0.3 is 5.97 Å². The predicted octanol–water partition coefficient (Wildman–Crippen LogP) is 2.93. The van der Waals surface area contributed by atoms with Crippen LogP contribution in [0.1, 0.15) is 29.8 Å². The van der Waals surface area contributed by atoms with Crippen molar-refractivity contribution in [1.82, 2.24) is 9.88 Å². The fourth-order valence-corrected chi connectivity index (χ4v) is 3.55. The van der Waals surface area contributed by atoms with E-state index in [0.717, 1.165) is 31.5 Å². The SMILES string of the molecule is O=C(CN1CCCCC1)Nc1cccc(-c2nc(C(=O)O)cs2)c1. The molecule has 1 aromatic heterocycles. The average molecular weight is 345 g/mol. The van der Waals surface area contributed by atoms with Gasteiger partial charge in [-0.3, -0.25) is 9.69 Å². The molecule has 7 heteroatoms. The maximum atomic E-state index is 12.2. The molecule has 1 aliphatic rings. The van der Waals surface area contributed by atoms with Gasteiger partial charge in [-0.05, 0) is 38.1 Å². The number of amides is 1. The van der Waals surface area contributed by atoms with E-state index in [9.17, 15) is 9.59 Å². The first-order valence-corrected chi connectivity index (χ1v) is 8.81. The third-order valence-corrected chi connectivity index (χ3v) is 4.82. The lowest BCUT2D eigenvalue weighted by Gasteiger charge is -2.25. The van der Waals surface area contributed by atoms with E-state index in [4.69, 9.17) is 5.11 Å². The maximum Gasteiger partial charge on any atom is 0.355 e. The van der Waals surface area contributed by atoms with Crippen LogP contribution < -0.4 is 5.32 Å². The van der Waals surface area contributed by atoms with Crippen molar-refractivity contribution in [3.63, 3.8) is 0 Å². The summed E-state index contributed by atoms with van der Waals surface area (Å²) in [6.07, 6.45) is 3.55. The van der Waals surface area contributed by atoms with Crippen molar-refractivity contribution in [1.29, 1.82) is 0 Å².